The Labute approximate surface area is 179 Å². The molecule has 2 rings (SSSR count). The normalized spacial score (nSPS) is 12.6. The number of phenols is 1. The van der Waals surface area contributed by atoms with Crippen molar-refractivity contribution in [3.63, 3.8) is 0 Å². The van der Waals surface area contributed by atoms with Crippen molar-refractivity contribution in [1.29, 1.82) is 0 Å². The van der Waals surface area contributed by atoms with E-state index in [1.807, 2.05) is 0 Å². The van der Waals surface area contributed by atoms with Crippen molar-refractivity contribution < 1.29 is 31.4 Å². The zero-order chi connectivity index (χ0) is 23.6. The van der Waals surface area contributed by atoms with Crippen LogP contribution >= 0.6 is 11.6 Å². The predicted molar refractivity (Wildman–Crippen MR) is 108 cm³/mol. The van der Waals surface area contributed by atoms with Crippen LogP contribution in [0, 0.1) is 0 Å². The minimum atomic E-state index is -4.71. The van der Waals surface area contributed by atoms with E-state index in [9.17, 15) is 31.4 Å². The molecule has 2 aromatic carbocycles. The maximum atomic E-state index is 13.2. The Kier molecular flexibility index (Phi) is 7.15. The van der Waals surface area contributed by atoms with Gasteiger partial charge in [0.15, 0.2) is 5.71 Å². The molecule has 0 heterocycles. The van der Waals surface area contributed by atoms with E-state index in [0.717, 1.165) is 17.1 Å². The first-order valence-corrected chi connectivity index (χ1v) is 9.06. The van der Waals surface area contributed by atoms with Crippen molar-refractivity contribution in [3.05, 3.63) is 59.1 Å². The lowest BCUT2D eigenvalue weighted by Crippen LogP contribution is -2.24. The molecule has 0 saturated carbocycles. The van der Waals surface area contributed by atoms with E-state index in [4.69, 9.17) is 11.6 Å². The van der Waals surface area contributed by atoms with E-state index < -0.39 is 34.4 Å². The van der Waals surface area contributed by atoms with Crippen molar-refractivity contribution >= 4 is 23.0 Å². The summed E-state index contributed by atoms with van der Waals surface area (Å²) in [5, 5.41) is 17.4. The van der Waals surface area contributed by atoms with Crippen LogP contribution in [-0.2, 0) is 12.7 Å². The number of rotatable bonds is 6. The van der Waals surface area contributed by atoms with Crippen molar-refractivity contribution in [2.45, 2.75) is 18.9 Å². The van der Waals surface area contributed by atoms with E-state index in [2.05, 4.69) is 17.0 Å². The SMILES string of the molecule is C=C/C(=N\N(C)Cc1ccc(NC)c(-c2ccc(Cl)c(C(F)(F)F)c2)c1O)C(F)(F)F. The molecular formula is C20H18ClF6N3O. The molecule has 0 aliphatic heterocycles. The van der Waals surface area contributed by atoms with Gasteiger partial charge in [-0.3, -0.25) is 5.01 Å². The maximum Gasteiger partial charge on any atom is 0.435 e. The topological polar surface area (TPSA) is 47.9 Å². The summed E-state index contributed by atoms with van der Waals surface area (Å²) >= 11 is 5.66. The second kappa shape index (κ2) is 9.09. The Bertz CT molecular complexity index is 1000. The van der Waals surface area contributed by atoms with Gasteiger partial charge in [-0.2, -0.15) is 31.4 Å². The minimum Gasteiger partial charge on any atom is -0.507 e. The van der Waals surface area contributed by atoms with Crippen LogP contribution < -0.4 is 5.32 Å². The third-order valence-electron chi connectivity index (χ3n) is 4.25. The van der Waals surface area contributed by atoms with E-state index in [0.29, 0.717) is 11.8 Å². The van der Waals surface area contributed by atoms with Crippen molar-refractivity contribution in [3.8, 4) is 16.9 Å². The van der Waals surface area contributed by atoms with Crippen LogP contribution in [-0.4, -0.2) is 36.1 Å². The highest BCUT2D eigenvalue weighted by molar-refractivity contribution is 6.31. The molecule has 0 fully saturated rings. The first-order chi connectivity index (χ1) is 14.3. The van der Waals surface area contributed by atoms with Gasteiger partial charge in [0.1, 0.15) is 5.75 Å². The number of nitrogens with one attached hydrogen (secondary N) is 1. The molecule has 0 aromatic heterocycles. The molecular weight excluding hydrogens is 448 g/mol. The summed E-state index contributed by atoms with van der Waals surface area (Å²) < 4.78 is 78.3. The molecule has 0 saturated heterocycles. The molecule has 4 nitrogen and oxygen atoms in total. The van der Waals surface area contributed by atoms with Gasteiger partial charge in [-0.05, 0) is 29.8 Å². The van der Waals surface area contributed by atoms with Crippen LogP contribution in [0.5, 0.6) is 5.75 Å². The molecule has 168 valence electrons. The van der Waals surface area contributed by atoms with Crippen LogP contribution in [0.25, 0.3) is 11.1 Å². The summed E-state index contributed by atoms with van der Waals surface area (Å²) in [5.41, 5.74) is -1.79. The molecule has 31 heavy (non-hydrogen) atoms. The fourth-order valence-electron chi connectivity index (χ4n) is 2.84. The molecule has 0 radical (unpaired) electrons. The molecule has 0 amide bonds. The van der Waals surface area contributed by atoms with E-state index in [-0.39, 0.29) is 23.2 Å². The van der Waals surface area contributed by atoms with Gasteiger partial charge in [-0.25, -0.2) is 0 Å². The number of halogens is 7. The number of anilines is 1. The van der Waals surface area contributed by atoms with Crippen molar-refractivity contribution in [2.75, 3.05) is 19.4 Å². The van der Waals surface area contributed by atoms with Crippen molar-refractivity contribution in [2.24, 2.45) is 5.10 Å². The minimum absolute atomic E-state index is 0.0219. The highest BCUT2D eigenvalue weighted by atomic mass is 35.5. The highest BCUT2D eigenvalue weighted by Crippen LogP contribution is 2.43. The molecule has 0 atom stereocenters. The number of alkyl halides is 6. The van der Waals surface area contributed by atoms with Gasteiger partial charge < -0.3 is 10.4 Å². The molecule has 0 bridgehead atoms. The van der Waals surface area contributed by atoms with E-state index >= 15 is 0 Å². The zero-order valence-electron chi connectivity index (χ0n) is 16.4. The van der Waals surface area contributed by atoms with Crippen molar-refractivity contribution in [1.82, 2.24) is 5.01 Å². The summed E-state index contributed by atoms with van der Waals surface area (Å²) in [5.74, 6) is -0.406. The average Bonchev–Trinajstić information content (AvgIpc) is 2.66. The number of allylic oxidation sites excluding steroid dienone is 1. The van der Waals surface area contributed by atoms with E-state index in [1.165, 1.54) is 32.3 Å². The Morgan fingerprint density at radius 2 is 1.84 bits per heavy atom. The number of hydrazone groups is 1. The Hall–Kier alpha value is -2.88. The summed E-state index contributed by atoms with van der Waals surface area (Å²) in [6, 6.07) is 6.07. The lowest BCUT2D eigenvalue weighted by Gasteiger charge is -2.20. The molecule has 0 aliphatic rings. The average molecular weight is 466 g/mol. The summed E-state index contributed by atoms with van der Waals surface area (Å²) in [4.78, 5) is 0. The second-order valence-corrected chi connectivity index (χ2v) is 6.85. The number of hydrogen-bond acceptors (Lipinski definition) is 4. The van der Waals surface area contributed by atoms with E-state index in [1.54, 1.807) is 0 Å². The summed E-state index contributed by atoms with van der Waals surface area (Å²) in [7, 11) is 2.76. The smallest absolute Gasteiger partial charge is 0.435 e. The number of benzene rings is 2. The summed E-state index contributed by atoms with van der Waals surface area (Å²) in [6.07, 6.45) is -8.87. The quantitative estimate of drug-likeness (QED) is 0.298. The van der Waals surface area contributed by atoms with Crippen LogP contribution in [0.1, 0.15) is 11.1 Å². The van der Waals surface area contributed by atoms with Crippen LogP contribution in [0.4, 0.5) is 32.0 Å². The fourth-order valence-corrected chi connectivity index (χ4v) is 3.06. The lowest BCUT2D eigenvalue weighted by molar-refractivity contribution is -0.137. The Morgan fingerprint density at radius 1 is 1.19 bits per heavy atom. The van der Waals surface area contributed by atoms with Gasteiger partial charge in [0.2, 0.25) is 0 Å². The second-order valence-electron chi connectivity index (χ2n) is 6.44. The maximum absolute atomic E-state index is 13.2. The van der Waals surface area contributed by atoms with Crippen LogP contribution in [0.15, 0.2) is 48.1 Å². The van der Waals surface area contributed by atoms with Gasteiger partial charge in [0.05, 0.1) is 17.1 Å². The van der Waals surface area contributed by atoms with Gasteiger partial charge in [0, 0.05) is 30.9 Å². The molecule has 0 spiro atoms. The molecule has 2 aromatic rings. The predicted octanol–water partition coefficient (Wildman–Crippen LogP) is 6.31. The van der Waals surface area contributed by atoms with Gasteiger partial charge >= 0.3 is 12.4 Å². The number of nitrogens with zero attached hydrogens (tertiary/aromatic N) is 2. The number of aromatic hydroxyl groups is 1. The first-order valence-electron chi connectivity index (χ1n) is 8.68. The molecule has 2 N–H and O–H groups in total. The number of phenolic OH excluding ortho intramolecular Hbond substituents is 1. The third kappa shape index (κ3) is 5.63. The fraction of sp³-hybridized carbons (Fsp3) is 0.250. The molecule has 0 aliphatic carbocycles. The Balaban J connectivity index is 2.54. The standard InChI is InChI=1S/C20H18ClF6N3O/c1-4-16(20(25,26)27)29-30(3)10-12-6-8-15(28-2)17(18(12)31)11-5-7-14(21)13(9-11)19(22,23)24/h4-9,28,31H,1,10H2,2-3H3/b29-16+. The van der Waals surface area contributed by atoms with Crippen LogP contribution in [0.3, 0.4) is 0 Å². The lowest BCUT2D eigenvalue weighted by atomic mass is 9.97. The van der Waals surface area contributed by atoms with Gasteiger partial charge in [-0.1, -0.05) is 30.3 Å². The van der Waals surface area contributed by atoms with Crippen LogP contribution in [0.2, 0.25) is 5.02 Å². The zero-order valence-corrected chi connectivity index (χ0v) is 17.1. The number of hydrogen-bond donors (Lipinski definition) is 2. The largest absolute Gasteiger partial charge is 0.507 e. The molecule has 0 unspecified atom stereocenters. The first kappa shape index (κ1) is 24.4. The van der Waals surface area contributed by atoms with Gasteiger partial charge in [0.25, 0.3) is 0 Å². The highest BCUT2D eigenvalue weighted by Gasteiger charge is 2.35. The van der Waals surface area contributed by atoms with Gasteiger partial charge in [-0.15, -0.1) is 0 Å². The summed E-state index contributed by atoms with van der Waals surface area (Å²) in [6.45, 7) is 2.82. The molecule has 11 heteroatoms. The Morgan fingerprint density at radius 3 is 2.35 bits per heavy atom. The monoisotopic (exact) mass is 465 g/mol. The third-order valence-corrected chi connectivity index (χ3v) is 4.58.